The summed E-state index contributed by atoms with van der Waals surface area (Å²) in [4.78, 5) is 32.4. The van der Waals surface area contributed by atoms with E-state index in [0.29, 0.717) is 19.4 Å². The first-order chi connectivity index (χ1) is 18.7. The highest BCUT2D eigenvalue weighted by molar-refractivity contribution is 5.83. The fourth-order valence-corrected chi connectivity index (χ4v) is 3.44. The van der Waals surface area contributed by atoms with E-state index in [1.807, 2.05) is 46.1 Å². The van der Waals surface area contributed by atoms with Crippen molar-refractivity contribution >= 4 is 24.3 Å². The molecule has 39 heavy (non-hydrogen) atoms. The first kappa shape index (κ1) is 35.5. The Kier molecular flexibility index (Phi) is 21.5. The van der Waals surface area contributed by atoms with Crippen LogP contribution >= 0.6 is 0 Å². The standard InChI is InChI=1S/C33H49N3O3/c1-7-10-11-18-30(15-8-2)20-24-35-33(39)31(19-13-12-17-29(6)36-26-27(4)9-3)21-23-34-22-14-16-28(5)25-32(37)38/h7,9-10,17,20-23,26-28,31H,3,8,11-12,14-16,18,24-25H2,1-2,4-6H3,(H,35,39)(H,37,38)/b10-7-,23-21+,29-17+,30-20+,34-22+,36-26+/t27?,28-,31?/m0/s1. The van der Waals surface area contributed by atoms with Crippen molar-refractivity contribution in [2.75, 3.05) is 6.54 Å². The van der Waals surface area contributed by atoms with Crippen LogP contribution < -0.4 is 5.32 Å². The summed E-state index contributed by atoms with van der Waals surface area (Å²) in [6.07, 6.45) is 23.1. The SMILES string of the molecule is C=CC(C)/C=N/C(C)=C/CC#CC(/C=C/N=C/CC[C@H](C)CC(=O)O)C(=O)NC/C=C(\CCC)CC/C=C\C. The molecular weight excluding hydrogens is 486 g/mol. The van der Waals surface area contributed by atoms with Crippen LogP contribution in [0.4, 0.5) is 0 Å². The second-order valence-electron chi connectivity index (χ2n) is 9.64. The molecule has 0 aliphatic carbocycles. The summed E-state index contributed by atoms with van der Waals surface area (Å²) >= 11 is 0. The molecule has 0 aromatic carbocycles. The van der Waals surface area contributed by atoms with E-state index in [-0.39, 0.29) is 24.2 Å². The fourth-order valence-electron chi connectivity index (χ4n) is 3.44. The van der Waals surface area contributed by atoms with Crippen LogP contribution in [0.1, 0.15) is 86.0 Å². The topological polar surface area (TPSA) is 91.1 Å². The fraction of sp³-hybridized carbons (Fsp3) is 0.515. The molecule has 0 bridgehead atoms. The smallest absolute Gasteiger partial charge is 0.303 e. The van der Waals surface area contributed by atoms with E-state index >= 15 is 0 Å². The number of hydrogen-bond acceptors (Lipinski definition) is 4. The van der Waals surface area contributed by atoms with Gasteiger partial charge in [0.2, 0.25) is 5.91 Å². The average Bonchev–Trinajstić information content (AvgIpc) is 2.89. The van der Waals surface area contributed by atoms with Crippen LogP contribution in [0.15, 0.2) is 70.5 Å². The first-order valence-electron chi connectivity index (χ1n) is 14.0. The number of carbonyl (C=O) groups excluding carboxylic acids is 1. The van der Waals surface area contributed by atoms with Gasteiger partial charge < -0.3 is 10.4 Å². The Hall–Kier alpha value is -3.46. The lowest BCUT2D eigenvalue weighted by atomic mass is 10.0. The highest BCUT2D eigenvalue weighted by atomic mass is 16.4. The molecule has 0 aliphatic rings. The van der Waals surface area contributed by atoms with Crippen LogP contribution in [-0.4, -0.2) is 36.0 Å². The molecule has 0 saturated heterocycles. The van der Waals surface area contributed by atoms with E-state index in [9.17, 15) is 9.59 Å². The second-order valence-corrected chi connectivity index (χ2v) is 9.64. The summed E-state index contributed by atoms with van der Waals surface area (Å²) in [5, 5.41) is 11.9. The van der Waals surface area contributed by atoms with Gasteiger partial charge in [0.1, 0.15) is 5.92 Å². The molecule has 0 aromatic rings. The monoisotopic (exact) mass is 535 g/mol. The maximum atomic E-state index is 12.9. The third kappa shape index (κ3) is 21.2. The first-order valence-corrected chi connectivity index (χ1v) is 14.0. The van der Waals surface area contributed by atoms with Crippen molar-refractivity contribution in [3.05, 3.63) is 60.5 Å². The van der Waals surface area contributed by atoms with Gasteiger partial charge in [-0.15, -0.1) is 6.58 Å². The molecule has 2 unspecified atom stereocenters. The summed E-state index contributed by atoms with van der Waals surface area (Å²) in [5.74, 6) is 4.84. The van der Waals surface area contributed by atoms with Crippen molar-refractivity contribution in [3.63, 3.8) is 0 Å². The van der Waals surface area contributed by atoms with E-state index in [4.69, 9.17) is 5.11 Å². The maximum absolute atomic E-state index is 12.9. The molecule has 0 rings (SSSR count). The zero-order valence-corrected chi connectivity index (χ0v) is 24.7. The number of nitrogens with zero attached hydrogens (tertiary/aromatic N) is 2. The number of amides is 1. The Bertz CT molecular complexity index is 974. The molecule has 2 N–H and O–H groups in total. The number of aliphatic carboxylic acids is 1. The van der Waals surface area contributed by atoms with Crippen molar-refractivity contribution in [1.82, 2.24) is 5.32 Å². The number of rotatable bonds is 19. The molecule has 214 valence electrons. The Morgan fingerprint density at radius 1 is 1.15 bits per heavy atom. The van der Waals surface area contributed by atoms with E-state index in [0.717, 1.165) is 37.8 Å². The number of carboxylic acid groups (broad SMARTS) is 1. The van der Waals surface area contributed by atoms with Crippen molar-refractivity contribution in [3.8, 4) is 11.8 Å². The minimum atomic E-state index is -0.788. The molecule has 1 amide bonds. The molecule has 0 heterocycles. The molecule has 0 fully saturated rings. The predicted molar refractivity (Wildman–Crippen MR) is 166 cm³/mol. The minimum Gasteiger partial charge on any atom is -0.481 e. The van der Waals surface area contributed by atoms with Gasteiger partial charge in [-0.1, -0.05) is 75.0 Å². The molecule has 0 saturated carbocycles. The lowest BCUT2D eigenvalue weighted by molar-refractivity contribution is -0.138. The molecule has 0 radical (unpaired) electrons. The van der Waals surface area contributed by atoms with Gasteiger partial charge in [-0.25, -0.2) is 0 Å². The number of nitrogens with one attached hydrogen (secondary N) is 1. The van der Waals surface area contributed by atoms with Gasteiger partial charge in [-0.05, 0) is 57.9 Å². The summed E-state index contributed by atoms with van der Waals surface area (Å²) in [5.41, 5.74) is 2.21. The van der Waals surface area contributed by atoms with Crippen LogP contribution in [0.5, 0.6) is 0 Å². The zero-order chi connectivity index (χ0) is 29.3. The van der Waals surface area contributed by atoms with Crippen LogP contribution in [0.3, 0.4) is 0 Å². The maximum Gasteiger partial charge on any atom is 0.303 e. The van der Waals surface area contributed by atoms with Gasteiger partial charge >= 0.3 is 5.97 Å². The van der Waals surface area contributed by atoms with E-state index in [2.05, 4.69) is 58.9 Å². The normalized spacial score (nSPS) is 15.0. The van der Waals surface area contributed by atoms with Crippen molar-refractivity contribution in [1.29, 1.82) is 0 Å². The Balaban J connectivity index is 5.30. The molecule has 0 aromatic heterocycles. The summed E-state index contributed by atoms with van der Waals surface area (Å²) < 4.78 is 0. The Morgan fingerprint density at radius 3 is 2.59 bits per heavy atom. The number of carboxylic acids is 1. The highest BCUT2D eigenvalue weighted by Gasteiger charge is 2.11. The lowest BCUT2D eigenvalue weighted by Crippen LogP contribution is -2.29. The van der Waals surface area contributed by atoms with Gasteiger partial charge in [-0.2, -0.15) is 0 Å². The molecule has 6 heteroatoms. The van der Waals surface area contributed by atoms with Gasteiger partial charge in [0.25, 0.3) is 0 Å². The molecule has 0 spiro atoms. The van der Waals surface area contributed by atoms with Gasteiger partial charge in [0, 0.05) is 49.6 Å². The quantitative estimate of drug-likeness (QED) is 0.102. The number of carbonyl (C=O) groups is 2. The van der Waals surface area contributed by atoms with Crippen molar-refractivity contribution < 1.29 is 14.7 Å². The Labute approximate surface area is 236 Å². The van der Waals surface area contributed by atoms with Crippen LogP contribution in [0, 0.1) is 29.6 Å². The lowest BCUT2D eigenvalue weighted by Gasteiger charge is -2.08. The molecule has 0 aliphatic heterocycles. The second kappa shape index (κ2) is 23.6. The van der Waals surface area contributed by atoms with Crippen LogP contribution in [0.2, 0.25) is 0 Å². The van der Waals surface area contributed by atoms with Crippen LogP contribution in [-0.2, 0) is 9.59 Å². The summed E-state index contributed by atoms with van der Waals surface area (Å²) in [6.45, 7) is 14.2. The van der Waals surface area contributed by atoms with Crippen molar-refractivity contribution in [2.45, 2.75) is 86.0 Å². The number of hydrogen-bond donors (Lipinski definition) is 2. The van der Waals surface area contributed by atoms with Gasteiger partial charge in [0.05, 0.1) is 0 Å². The molecule has 3 atom stereocenters. The highest BCUT2D eigenvalue weighted by Crippen LogP contribution is 2.12. The Morgan fingerprint density at radius 2 is 1.92 bits per heavy atom. The minimum absolute atomic E-state index is 0.0896. The molecule has 6 nitrogen and oxygen atoms in total. The molecular formula is C33H49N3O3. The number of aliphatic imine (C=N–C) groups is 2. The third-order valence-corrected chi connectivity index (χ3v) is 5.81. The summed E-state index contributed by atoms with van der Waals surface area (Å²) in [7, 11) is 0. The zero-order valence-electron chi connectivity index (χ0n) is 24.7. The van der Waals surface area contributed by atoms with Gasteiger partial charge in [-0.3, -0.25) is 19.6 Å². The third-order valence-electron chi connectivity index (χ3n) is 5.81. The summed E-state index contributed by atoms with van der Waals surface area (Å²) in [6, 6.07) is 0. The van der Waals surface area contributed by atoms with E-state index in [1.54, 1.807) is 18.5 Å². The van der Waals surface area contributed by atoms with E-state index < -0.39 is 11.9 Å². The van der Waals surface area contributed by atoms with Gasteiger partial charge in [0.15, 0.2) is 0 Å². The van der Waals surface area contributed by atoms with E-state index in [1.165, 1.54) is 5.57 Å². The van der Waals surface area contributed by atoms with Crippen molar-refractivity contribution in [2.24, 2.45) is 27.7 Å². The average molecular weight is 536 g/mol. The van der Waals surface area contributed by atoms with Crippen LogP contribution in [0.25, 0.3) is 0 Å². The number of allylic oxidation sites excluding steroid dienone is 6. The largest absolute Gasteiger partial charge is 0.481 e. The predicted octanol–water partition coefficient (Wildman–Crippen LogP) is 7.47.